The number of aryl methyl sites for hydroxylation is 1. The van der Waals surface area contributed by atoms with Crippen LogP contribution in [0.5, 0.6) is 0 Å². The van der Waals surface area contributed by atoms with Gasteiger partial charge in [0.15, 0.2) is 11.0 Å². The van der Waals surface area contributed by atoms with Crippen molar-refractivity contribution < 1.29 is 9.53 Å². The molecule has 2 aromatic carbocycles. The summed E-state index contributed by atoms with van der Waals surface area (Å²) in [6, 6.07) is 13.2. The highest BCUT2D eigenvalue weighted by molar-refractivity contribution is 9.10. The fourth-order valence-electron chi connectivity index (χ4n) is 2.63. The third kappa shape index (κ3) is 5.82. The van der Waals surface area contributed by atoms with Crippen molar-refractivity contribution in [1.29, 1.82) is 0 Å². The van der Waals surface area contributed by atoms with Crippen LogP contribution in [0, 0.1) is 6.92 Å². The van der Waals surface area contributed by atoms with Gasteiger partial charge < -0.3 is 10.1 Å². The first kappa shape index (κ1) is 21.8. The number of ether oxygens (including phenoxy) is 1. The van der Waals surface area contributed by atoms with Crippen LogP contribution >= 0.6 is 39.3 Å². The minimum Gasteiger partial charge on any atom is -0.383 e. The molecular formula is C20H20BrClN4O2S. The standard InChI is InChI=1S/C20H20BrClN4O2S/c1-13-3-8-17(16(21)11-13)23-18(27)12-29-20-25-24-19(26(20)9-10-28-2)14-4-6-15(22)7-5-14/h3-8,11H,9-10,12H2,1-2H3,(H,23,27). The summed E-state index contributed by atoms with van der Waals surface area (Å²) in [6.07, 6.45) is 0. The third-order valence-corrected chi connectivity index (χ3v) is 5.94. The van der Waals surface area contributed by atoms with Gasteiger partial charge in [-0.1, -0.05) is 29.4 Å². The molecule has 0 atom stereocenters. The van der Waals surface area contributed by atoms with Crippen LogP contribution in [0.2, 0.25) is 5.02 Å². The number of halogens is 2. The molecule has 0 radical (unpaired) electrons. The number of hydrogen-bond acceptors (Lipinski definition) is 5. The molecule has 0 fully saturated rings. The zero-order valence-corrected chi connectivity index (χ0v) is 19.1. The van der Waals surface area contributed by atoms with E-state index in [0.29, 0.717) is 29.2 Å². The van der Waals surface area contributed by atoms with Crippen LogP contribution in [-0.4, -0.2) is 40.1 Å². The number of benzene rings is 2. The van der Waals surface area contributed by atoms with Crippen LogP contribution in [0.1, 0.15) is 5.56 Å². The topological polar surface area (TPSA) is 69.0 Å². The highest BCUT2D eigenvalue weighted by Crippen LogP contribution is 2.26. The Balaban J connectivity index is 1.72. The van der Waals surface area contributed by atoms with Crippen molar-refractivity contribution in [1.82, 2.24) is 14.8 Å². The first-order valence-corrected chi connectivity index (χ1v) is 11.0. The molecule has 3 aromatic rings. The van der Waals surface area contributed by atoms with E-state index in [1.807, 2.05) is 54.0 Å². The molecule has 152 valence electrons. The van der Waals surface area contributed by atoms with Gasteiger partial charge in [-0.3, -0.25) is 9.36 Å². The number of aromatic nitrogens is 3. The average Bonchev–Trinajstić information content (AvgIpc) is 3.10. The Kier molecular flexibility index (Phi) is 7.71. The summed E-state index contributed by atoms with van der Waals surface area (Å²) >= 11 is 10.8. The summed E-state index contributed by atoms with van der Waals surface area (Å²) in [6.45, 7) is 3.08. The van der Waals surface area contributed by atoms with E-state index in [-0.39, 0.29) is 11.7 Å². The number of nitrogens with zero attached hydrogens (tertiary/aromatic N) is 3. The van der Waals surface area contributed by atoms with Gasteiger partial charge >= 0.3 is 0 Å². The van der Waals surface area contributed by atoms with Gasteiger partial charge in [0, 0.05) is 22.2 Å². The lowest BCUT2D eigenvalue weighted by Gasteiger charge is -2.10. The average molecular weight is 496 g/mol. The minimum atomic E-state index is -0.117. The molecule has 9 heteroatoms. The van der Waals surface area contributed by atoms with Crippen molar-refractivity contribution in [3.8, 4) is 11.4 Å². The van der Waals surface area contributed by atoms with Crippen molar-refractivity contribution >= 4 is 50.9 Å². The van der Waals surface area contributed by atoms with Gasteiger partial charge in [0.2, 0.25) is 5.91 Å². The second-order valence-electron chi connectivity index (χ2n) is 6.28. The van der Waals surface area contributed by atoms with E-state index in [0.717, 1.165) is 21.3 Å². The predicted octanol–water partition coefficient (Wildman–Crippen LogP) is 5.05. The van der Waals surface area contributed by atoms with E-state index in [9.17, 15) is 4.79 Å². The lowest BCUT2D eigenvalue weighted by Crippen LogP contribution is -2.15. The van der Waals surface area contributed by atoms with Gasteiger partial charge in [0.05, 0.1) is 24.6 Å². The number of carbonyl (C=O) groups excluding carboxylic acids is 1. The number of carbonyl (C=O) groups is 1. The van der Waals surface area contributed by atoms with E-state index < -0.39 is 0 Å². The minimum absolute atomic E-state index is 0.117. The molecule has 0 saturated heterocycles. The maximum atomic E-state index is 12.4. The van der Waals surface area contributed by atoms with Crippen LogP contribution in [-0.2, 0) is 16.1 Å². The normalized spacial score (nSPS) is 10.9. The summed E-state index contributed by atoms with van der Waals surface area (Å²) in [4.78, 5) is 12.4. The lowest BCUT2D eigenvalue weighted by atomic mass is 10.2. The molecule has 0 unspecified atom stereocenters. The molecule has 0 saturated carbocycles. The monoisotopic (exact) mass is 494 g/mol. The van der Waals surface area contributed by atoms with Crippen molar-refractivity contribution in [2.75, 3.05) is 24.8 Å². The molecule has 1 amide bonds. The number of amides is 1. The SMILES string of the molecule is COCCn1c(SCC(=O)Nc2ccc(C)cc2Br)nnc1-c1ccc(Cl)cc1. The Hall–Kier alpha value is -1.87. The summed E-state index contributed by atoms with van der Waals surface area (Å²) in [7, 11) is 1.64. The van der Waals surface area contributed by atoms with Crippen molar-refractivity contribution in [2.45, 2.75) is 18.6 Å². The summed E-state index contributed by atoms with van der Waals surface area (Å²) < 4.78 is 8.02. The zero-order chi connectivity index (χ0) is 20.8. The van der Waals surface area contributed by atoms with E-state index in [2.05, 4.69) is 31.4 Å². The Morgan fingerprint density at radius 2 is 2.00 bits per heavy atom. The molecule has 29 heavy (non-hydrogen) atoms. The predicted molar refractivity (Wildman–Crippen MR) is 121 cm³/mol. The van der Waals surface area contributed by atoms with Crippen LogP contribution < -0.4 is 5.32 Å². The number of hydrogen-bond donors (Lipinski definition) is 1. The maximum Gasteiger partial charge on any atom is 0.234 e. The van der Waals surface area contributed by atoms with Gasteiger partial charge in [0.25, 0.3) is 0 Å². The summed E-state index contributed by atoms with van der Waals surface area (Å²) in [5.41, 5.74) is 2.76. The molecule has 0 aliphatic rings. The molecule has 3 rings (SSSR count). The zero-order valence-electron chi connectivity index (χ0n) is 16.0. The highest BCUT2D eigenvalue weighted by Gasteiger charge is 2.16. The Morgan fingerprint density at radius 3 is 2.69 bits per heavy atom. The molecule has 0 bridgehead atoms. The molecule has 0 aliphatic heterocycles. The maximum absolute atomic E-state index is 12.4. The Bertz CT molecular complexity index is 995. The number of rotatable bonds is 8. The van der Waals surface area contributed by atoms with E-state index in [1.54, 1.807) is 7.11 Å². The fraction of sp³-hybridized carbons (Fsp3) is 0.250. The molecule has 1 heterocycles. The van der Waals surface area contributed by atoms with Crippen LogP contribution in [0.4, 0.5) is 5.69 Å². The first-order chi connectivity index (χ1) is 14.0. The van der Waals surface area contributed by atoms with E-state index in [1.165, 1.54) is 11.8 Å². The van der Waals surface area contributed by atoms with Crippen LogP contribution in [0.15, 0.2) is 52.1 Å². The lowest BCUT2D eigenvalue weighted by molar-refractivity contribution is -0.113. The third-order valence-electron chi connectivity index (χ3n) is 4.07. The second kappa shape index (κ2) is 10.2. The molecule has 1 aromatic heterocycles. The van der Waals surface area contributed by atoms with Gasteiger partial charge in [0.1, 0.15) is 0 Å². The quantitative estimate of drug-likeness (QED) is 0.443. The van der Waals surface area contributed by atoms with Crippen molar-refractivity contribution in [3.05, 3.63) is 57.5 Å². The van der Waals surface area contributed by atoms with Crippen LogP contribution in [0.3, 0.4) is 0 Å². The number of anilines is 1. The molecular weight excluding hydrogens is 476 g/mol. The fourth-order valence-corrected chi connectivity index (χ4v) is 4.11. The van der Waals surface area contributed by atoms with E-state index in [4.69, 9.17) is 16.3 Å². The smallest absolute Gasteiger partial charge is 0.234 e. The Morgan fingerprint density at radius 1 is 1.24 bits per heavy atom. The molecule has 0 aliphatic carbocycles. The highest BCUT2D eigenvalue weighted by atomic mass is 79.9. The summed E-state index contributed by atoms with van der Waals surface area (Å²) in [5.74, 6) is 0.809. The number of nitrogens with one attached hydrogen (secondary N) is 1. The van der Waals surface area contributed by atoms with Crippen LogP contribution in [0.25, 0.3) is 11.4 Å². The van der Waals surface area contributed by atoms with Crippen molar-refractivity contribution in [2.24, 2.45) is 0 Å². The number of methoxy groups -OCH3 is 1. The Labute approximate surface area is 187 Å². The molecule has 0 spiro atoms. The van der Waals surface area contributed by atoms with Gasteiger partial charge in [-0.25, -0.2) is 0 Å². The molecule has 6 nitrogen and oxygen atoms in total. The summed E-state index contributed by atoms with van der Waals surface area (Å²) in [5, 5.41) is 12.8. The van der Waals surface area contributed by atoms with Gasteiger partial charge in [-0.05, 0) is 64.8 Å². The largest absolute Gasteiger partial charge is 0.383 e. The van der Waals surface area contributed by atoms with Gasteiger partial charge in [-0.2, -0.15) is 0 Å². The molecule has 1 N–H and O–H groups in total. The van der Waals surface area contributed by atoms with Gasteiger partial charge in [-0.15, -0.1) is 10.2 Å². The second-order valence-corrected chi connectivity index (χ2v) is 8.51. The van der Waals surface area contributed by atoms with E-state index >= 15 is 0 Å². The first-order valence-electron chi connectivity index (χ1n) is 8.85. The number of thioether (sulfide) groups is 1. The van der Waals surface area contributed by atoms with Crippen molar-refractivity contribution in [3.63, 3.8) is 0 Å².